The highest BCUT2D eigenvalue weighted by atomic mass is 32.2. The van der Waals surface area contributed by atoms with Crippen LogP contribution in [0.15, 0.2) is 47.5 Å². The van der Waals surface area contributed by atoms with Crippen LogP contribution in [-0.4, -0.2) is 31.0 Å². The summed E-state index contributed by atoms with van der Waals surface area (Å²) in [5, 5.41) is 9.27. The summed E-state index contributed by atoms with van der Waals surface area (Å²) in [5.74, 6) is -2.60. The maximum Gasteiger partial charge on any atom is 0.308 e. The summed E-state index contributed by atoms with van der Waals surface area (Å²) in [6, 6.07) is 8.51. The van der Waals surface area contributed by atoms with E-state index in [9.17, 15) is 22.7 Å². The van der Waals surface area contributed by atoms with Gasteiger partial charge in [0.15, 0.2) is 0 Å². The van der Waals surface area contributed by atoms with Gasteiger partial charge in [-0.15, -0.1) is 0 Å². The van der Waals surface area contributed by atoms with Gasteiger partial charge in [0, 0.05) is 24.9 Å². The normalized spacial score (nSPS) is 12.8. The number of sulfonamides is 1. The summed E-state index contributed by atoms with van der Waals surface area (Å²) < 4.78 is 40.0. The molecule has 0 amide bonds. The van der Waals surface area contributed by atoms with Crippen LogP contribution in [0.2, 0.25) is 0 Å². The molecular weight excluding hydrogens is 335 g/mol. The molecule has 2 rings (SSSR count). The molecule has 0 saturated carbocycles. The summed E-state index contributed by atoms with van der Waals surface area (Å²) >= 11 is 0. The molecule has 0 radical (unpaired) electrons. The van der Waals surface area contributed by atoms with E-state index in [1.54, 1.807) is 24.4 Å². The molecule has 0 spiro atoms. The van der Waals surface area contributed by atoms with Gasteiger partial charge in [0.2, 0.25) is 10.0 Å². The van der Waals surface area contributed by atoms with E-state index in [2.05, 4.69) is 9.71 Å². The average molecular weight is 352 g/mol. The van der Waals surface area contributed by atoms with Crippen molar-refractivity contribution < 1.29 is 22.7 Å². The first-order valence-corrected chi connectivity index (χ1v) is 8.66. The molecule has 1 aromatic heterocycles. The van der Waals surface area contributed by atoms with Crippen LogP contribution in [0, 0.1) is 18.7 Å². The lowest BCUT2D eigenvalue weighted by Crippen LogP contribution is -2.34. The van der Waals surface area contributed by atoms with Crippen molar-refractivity contribution in [2.45, 2.75) is 18.2 Å². The second-order valence-corrected chi connectivity index (χ2v) is 7.09. The number of aryl methyl sites for hydroxylation is 1. The molecule has 0 fully saturated rings. The molecule has 0 aliphatic heterocycles. The van der Waals surface area contributed by atoms with E-state index < -0.39 is 27.7 Å². The van der Waals surface area contributed by atoms with Crippen LogP contribution < -0.4 is 4.72 Å². The first kappa shape index (κ1) is 18.0. The fraction of sp³-hybridized carbons (Fsp3) is 0.250. The Morgan fingerprint density at radius 3 is 2.67 bits per heavy atom. The summed E-state index contributed by atoms with van der Waals surface area (Å²) in [6.07, 6.45) is 1.64. The topological polar surface area (TPSA) is 96.4 Å². The number of benzene rings is 1. The number of aliphatic carboxylic acids is 1. The van der Waals surface area contributed by atoms with Gasteiger partial charge in [0.25, 0.3) is 0 Å². The number of aromatic nitrogens is 1. The molecule has 0 saturated heterocycles. The summed E-state index contributed by atoms with van der Waals surface area (Å²) in [6.45, 7) is 1.17. The van der Waals surface area contributed by atoms with Gasteiger partial charge in [-0.05, 0) is 42.8 Å². The Hall–Kier alpha value is -2.32. The second-order valence-electron chi connectivity index (χ2n) is 5.32. The van der Waals surface area contributed by atoms with Gasteiger partial charge >= 0.3 is 5.97 Å². The van der Waals surface area contributed by atoms with Crippen molar-refractivity contribution in [1.82, 2.24) is 9.71 Å². The first-order valence-electron chi connectivity index (χ1n) is 7.18. The minimum Gasteiger partial charge on any atom is -0.481 e. The molecule has 1 unspecified atom stereocenters. The van der Waals surface area contributed by atoms with E-state index >= 15 is 0 Å². The van der Waals surface area contributed by atoms with Crippen molar-refractivity contribution >= 4 is 16.0 Å². The number of carboxylic acid groups (broad SMARTS) is 1. The van der Waals surface area contributed by atoms with Gasteiger partial charge in [-0.1, -0.05) is 6.07 Å². The van der Waals surface area contributed by atoms with Crippen LogP contribution in [0.25, 0.3) is 0 Å². The highest BCUT2D eigenvalue weighted by Gasteiger charge is 2.23. The Morgan fingerprint density at radius 2 is 2.08 bits per heavy atom. The predicted molar refractivity (Wildman–Crippen MR) is 85.4 cm³/mol. The van der Waals surface area contributed by atoms with Crippen LogP contribution in [0.3, 0.4) is 0 Å². The number of rotatable bonds is 7. The molecule has 0 aliphatic carbocycles. The Labute approximate surface area is 139 Å². The Kier molecular flexibility index (Phi) is 5.63. The van der Waals surface area contributed by atoms with Crippen molar-refractivity contribution in [3.8, 4) is 0 Å². The maximum absolute atomic E-state index is 13.2. The van der Waals surface area contributed by atoms with Crippen LogP contribution >= 0.6 is 0 Å². The van der Waals surface area contributed by atoms with Crippen molar-refractivity contribution in [3.63, 3.8) is 0 Å². The Bertz CT molecular complexity index is 825. The summed E-state index contributed by atoms with van der Waals surface area (Å²) in [4.78, 5) is 15.3. The highest BCUT2D eigenvalue weighted by molar-refractivity contribution is 7.89. The Morgan fingerprint density at radius 1 is 1.33 bits per heavy atom. The van der Waals surface area contributed by atoms with Gasteiger partial charge < -0.3 is 5.11 Å². The van der Waals surface area contributed by atoms with Crippen LogP contribution in [0.1, 0.15) is 11.3 Å². The third-order valence-corrected chi connectivity index (χ3v) is 4.91. The van der Waals surface area contributed by atoms with Crippen LogP contribution in [0.5, 0.6) is 0 Å². The third kappa shape index (κ3) is 4.59. The second kappa shape index (κ2) is 7.50. The highest BCUT2D eigenvalue weighted by Crippen LogP contribution is 2.15. The molecule has 2 aromatic rings. The number of halogens is 1. The molecule has 128 valence electrons. The van der Waals surface area contributed by atoms with E-state index in [0.29, 0.717) is 5.69 Å². The molecule has 1 heterocycles. The van der Waals surface area contributed by atoms with E-state index in [0.717, 1.165) is 12.1 Å². The number of hydrogen-bond acceptors (Lipinski definition) is 4. The third-order valence-electron chi connectivity index (χ3n) is 3.49. The average Bonchev–Trinajstić information content (AvgIpc) is 2.54. The zero-order chi connectivity index (χ0) is 17.7. The molecule has 1 atom stereocenters. The van der Waals surface area contributed by atoms with Crippen molar-refractivity contribution in [2.24, 2.45) is 5.92 Å². The smallest absolute Gasteiger partial charge is 0.308 e. The lowest BCUT2D eigenvalue weighted by molar-refractivity contribution is -0.141. The molecule has 8 heteroatoms. The van der Waals surface area contributed by atoms with Crippen LogP contribution in [-0.2, 0) is 21.2 Å². The summed E-state index contributed by atoms with van der Waals surface area (Å²) in [7, 11) is -3.92. The van der Waals surface area contributed by atoms with Crippen molar-refractivity contribution in [2.75, 3.05) is 6.54 Å². The fourth-order valence-corrected chi connectivity index (χ4v) is 3.26. The number of nitrogens with zero attached hydrogens (tertiary/aromatic N) is 1. The van der Waals surface area contributed by atoms with Gasteiger partial charge in [0.05, 0.1) is 10.8 Å². The van der Waals surface area contributed by atoms with Gasteiger partial charge in [-0.3, -0.25) is 9.78 Å². The fourth-order valence-electron chi connectivity index (χ4n) is 2.10. The van der Waals surface area contributed by atoms with E-state index in [1.807, 2.05) is 0 Å². The molecule has 1 aromatic carbocycles. The molecule has 6 nitrogen and oxygen atoms in total. The lowest BCUT2D eigenvalue weighted by atomic mass is 10.0. The van der Waals surface area contributed by atoms with Gasteiger partial charge in [0.1, 0.15) is 5.82 Å². The molecule has 24 heavy (non-hydrogen) atoms. The standard InChI is InChI=1S/C16H17FN2O4S/c1-11-8-14(5-6-15(11)17)24(22,23)19-10-12(16(20)21)9-13-4-2-3-7-18-13/h2-8,12,19H,9-10H2,1H3,(H,20,21). The van der Waals surface area contributed by atoms with Gasteiger partial charge in [-0.2, -0.15) is 0 Å². The van der Waals surface area contributed by atoms with E-state index in [-0.39, 0.29) is 23.4 Å². The zero-order valence-electron chi connectivity index (χ0n) is 12.9. The Balaban J connectivity index is 2.10. The summed E-state index contributed by atoms with van der Waals surface area (Å²) in [5.41, 5.74) is 0.753. The number of nitrogens with one attached hydrogen (secondary N) is 1. The minimum absolute atomic E-state index is 0.0984. The quantitative estimate of drug-likeness (QED) is 0.791. The molecule has 2 N–H and O–H groups in total. The molecule has 0 bridgehead atoms. The SMILES string of the molecule is Cc1cc(S(=O)(=O)NCC(Cc2ccccn2)C(=O)O)ccc1F. The number of pyridine rings is 1. The van der Waals surface area contributed by atoms with E-state index in [1.165, 1.54) is 13.0 Å². The number of carboxylic acids is 1. The molecular formula is C16H17FN2O4S. The zero-order valence-corrected chi connectivity index (χ0v) is 13.8. The lowest BCUT2D eigenvalue weighted by Gasteiger charge is -2.13. The number of hydrogen-bond donors (Lipinski definition) is 2. The molecule has 0 aliphatic rings. The van der Waals surface area contributed by atoms with E-state index in [4.69, 9.17) is 0 Å². The van der Waals surface area contributed by atoms with Gasteiger partial charge in [-0.25, -0.2) is 17.5 Å². The predicted octanol–water partition coefficient (Wildman–Crippen LogP) is 1.75. The minimum atomic E-state index is -3.92. The first-order chi connectivity index (χ1) is 11.3. The van der Waals surface area contributed by atoms with Crippen molar-refractivity contribution in [1.29, 1.82) is 0 Å². The monoisotopic (exact) mass is 352 g/mol. The van der Waals surface area contributed by atoms with Crippen LogP contribution in [0.4, 0.5) is 4.39 Å². The van der Waals surface area contributed by atoms with Crippen molar-refractivity contribution in [3.05, 3.63) is 59.7 Å². The largest absolute Gasteiger partial charge is 0.481 e. The number of carbonyl (C=O) groups is 1. The maximum atomic E-state index is 13.2.